The molecule has 6 heteroatoms. The molecule has 0 radical (unpaired) electrons. The molecule has 3 aromatic rings. The van der Waals surface area contributed by atoms with Crippen LogP contribution in [0.4, 0.5) is 5.82 Å². The van der Waals surface area contributed by atoms with Gasteiger partial charge in [0.1, 0.15) is 11.9 Å². The fourth-order valence-corrected chi connectivity index (χ4v) is 3.49. The Balaban J connectivity index is 1.46. The van der Waals surface area contributed by atoms with Gasteiger partial charge < -0.3 is 14.2 Å². The number of piperidine rings is 1. The van der Waals surface area contributed by atoms with Crippen molar-refractivity contribution in [3.05, 3.63) is 36.7 Å². The Hall–Kier alpha value is -2.08. The lowest BCUT2D eigenvalue weighted by atomic mass is 10.1. The first-order chi connectivity index (χ1) is 10.8. The van der Waals surface area contributed by atoms with E-state index in [1.165, 1.54) is 22.6 Å². The van der Waals surface area contributed by atoms with E-state index in [1.54, 1.807) is 0 Å². The molecule has 0 aliphatic carbocycles. The van der Waals surface area contributed by atoms with Gasteiger partial charge in [-0.3, -0.25) is 0 Å². The number of nitrogens with zero attached hydrogens (tertiary/aromatic N) is 4. The molecule has 3 heterocycles. The highest BCUT2D eigenvalue weighted by Gasteiger charge is 2.22. The maximum atomic E-state index is 6.27. The van der Waals surface area contributed by atoms with Gasteiger partial charge in [-0.1, -0.05) is 6.07 Å². The molecule has 1 saturated heterocycles. The van der Waals surface area contributed by atoms with Crippen LogP contribution in [0.2, 0.25) is 0 Å². The van der Waals surface area contributed by atoms with Crippen molar-refractivity contribution < 1.29 is 4.74 Å². The number of hydrogen-bond donors (Lipinski definition) is 0. The number of rotatable bonds is 3. The molecule has 0 bridgehead atoms. The maximum absolute atomic E-state index is 6.27. The fourth-order valence-electron chi connectivity index (χ4n) is 3.06. The van der Waals surface area contributed by atoms with Crippen molar-refractivity contribution in [2.45, 2.75) is 18.9 Å². The lowest BCUT2D eigenvalue weighted by molar-refractivity contribution is 0.173. The zero-order valence-corrected chi connectivity index (χ0v) is 13.3. The minimum Gasteiger partial charge on any atom is -0.490 e. The predicted molar refractivity (Wildman–Crippen MR) is 88.7 cm³/mol. The van der Waals surface area contributed by atoms with Crippen molar-refractivity contribution in [2.75, 3.05) is 18.0 Å². The number of fused-ring (bicyclic) bond motifs is 1. The van der Waals surface area contributed by atoms with Crippen LogP contribution in [-0.2, 0) is 7.05 Å². The van der Waals surface area contributed by atoms with Crippen molar-refractivity contribution >= 4 is 28.4 Å². The second-order valence-electron chi connectivity index (χ2n) is 5.69. The highest BCUT2D eigenvalue weighted by atomic mass is 32.1. The minimum absolute atomic E-state index is 0.272. The monoisotopic (exact) mass is 314 g/mol. The summed E-state index contributed by atoms with van der Waals surface area (Å²) in [4.78, 5) is 2.28. The second-order valence-corrected chi connectivity index (χ2v) is 6.24. The zero-order valence-electron chi connectivity index (χ0n) is 12.5. The molecule has 0 unspecified atom stereocenters. The predicted octanol–water partition coefficient (Wildman–Crippen LogP) is 3.08. The lowest BCUT2D eigenvalue weighted by Gasteiger charge is -2.32. The van der Waals surface area contributed by atoms with Crippen LogP contribution in [0.1, 0.15) is 12.8 Å². The van der Waals surface area contributed by atoms with Crippen LogP contribution in [-0.4, -0.2) is 32.5 Å². The molecule has 5 nitrogen and oxygen atoms in total. The average Bonchev–Trinajstić information content (AvgIpc) is 3.19. The van der Waals surface area contributed by atoms with Gasteiger partial charge in [0.25, 0.3) is 0 Å². The van der Waals surface area contributed by atoms with E-state index in [-0.39, 0.29) is 6.10 Å². The third-order valence-corrected chi connectivity index (χ3v) is 4.77. The zero-order chi connectivity index (χ0) is 14.9. The summed E-state index contributed by atoms with van der Waals surface area (Å²) in [7, 11) is 2.06. The Morgan fingerprint density at radius 1 is 1.23 bits per heavy atom. The van der Waals surface area contributed by atoms with Gasteiger partial charge >= 0.3 is 0 Å². The molecule has 0 saturated carbocycles. The van der Waals surface area contributed by atoms with E-state index in [9.17, 15) is 0 Å². The molecular formula is C16H18N4OS. The van der Waals surface area contributed by atoms with Crippen LogP contribution < -0.4 is 9.64 Å². The number of anilines is 1. The second kappa shape index (κ2) is 5.61. The average molecular weight is 314 g/mol. The molecular weight excluding hydrogens is 296 g/mol. The summed E-state index contributed by atoms with van der Waals surface area (Å²) in [6.07, 6.45) is 6.22. The van der Waals surface area contributed by atoms with E-state index in [1.807, 2.05) is 6.20 Å². The van der Waals surface area contributed by atoms with Gasteiger partial charge in [-0.15, -0.1) is 0 Å². The number of aromatic nitrogens is 3. The van der Waals surface area contributed by atoms with Crippen molar-refractivity contribution in [1.82, 2.24) is 13.3 Å². The van der Waals surface area contributed by atoms with Crippen LogP contribution in [0.5, 0.6) is 5.75 Å². The first-order valence-electron chi connectivity index (χ1n) is 7.54. The highest BCUT2D eigenvalue weighted by Crippen LogP contribution is 2.29. The summed E-state index contributed by atoms with van der Waals surface area (Å²) in [5, 5.41) is 1.19. The molecule has 1 aliphatic rings. The third kappa shape index (κ3) is 2.43. The van der Waals surface area contributed by atoms with E-state index >= 15 is 0 Å². The first kappa shape index (κ1) is 13.6. The molecule has 1 aromatic carbocycles. The van der Waals surface area contributed by atoms with Gasteiger partial charge in [0.2, 0.25) is 0 Å². The Morgan fingerprint density at radius 3 is 2.86 bits per heavy atom. The molecule has 22 heavy (non-hydrogen) atoms. The highest BCUT2D eigenvalue weighted by molar-refractivity contribution is 6.99. The standard InChI is InChI=1S/C16H18N4OS/c1-19-8-7-13-14(19)3-2-4-15(13)21-12-5-9-20(10-6-12)16-11-17-22-18-16/h2-4,7-8,11-12H,5-6,9-10H2,1H3. The number of aryl methyl sites for hydroxylation is 1. The minimum atomic E-state index is 0.272. The van der Waals surface area contributed by atoms with Crippen LogP contribution in [0.3, 0.4) is 0 Å². The van der Waals surface area contributed by atoms with Gasteiger partial charge in [0.05, 0.1) is 23.4 Å². The van der Waals surface area contributed by atoms with Crippen LogP contribution in [0, 0.1) is 0 Å². The number of benzene rings is 1. The number of ether oxygens (including phenoxy) is 1. The van der Waals surface area contributed by atoms with Gasteiger partial charge in [-0.2, -0.15) is 8.75 Å². The lowest BCUT2D eigenvalue weighted by Crippen LogP contribution is -2.38. The third-order valence-electron chi connectivity index (χ3n) is 4.30. The van der Waals surface area contributed by atoms with Crippen molar-refractivity contribution in [1.29, 1.82) is 0 Å². The van der Waals surface area contributed by atoms with Crippen LogP contribution in [0.25, 0.3) is 10.9 Å². The molecule has 114 valence electrons. The topological polar surface area (TPSA) is 43.2 Å². The van der Waals surface area contributed by atoms with Crippen molar-refractivity contribution in [3.8, 4) is 5.75 Å². The van der Waals surface area contributed by atoms with Crippen LogP contribution in [0.15, 0.2) is 36.7 Å². The largest absolute Gasteiger partial charge is 0.490 e. The molecule has 0 amide bonds. The summed E-state index contributed by atoms with van der Waals surface area (Å²) in [5.41, 5.74) is 1.21. The van der Waals surface area contributed by atoms with Gasteiger partial charge in [-0.25, -0.2) is 0 Å². The Kier molecular flexibility index (Phi) is 3.46. The normalized spacial score (nSPS) is 16.3. The van der Waals surface area contributed by atoms with Gasteiger partial charge in [0.15, 0.2) is 5.82 Å². The summed E-state index contributed by atoms with van der Waals surface area (Å²) >= 11 is 1.27. The summed E-state index contributed by atoms with van der Waals surface area (Å²) < 4.78 is 16.8. The SMILES string of the molecule is Cn1ccc2c(OC3CCN(c4cnsn4)CC3)cccc21. The summed E-state index contributed by atoms with van der Waals surface area (Å²) in [6, 6.07) is 8.38. The van der Waals surface area contributed by atoms with E-state index in [0.29, 0.717) is 0 Å². The summed E-state index contributed by atoms with van der Waals surface area (Å²) in [6.45, 7) is 1.95. The molecule has 4 rings (SSSR count). The summed E-state index contributed by atoms with van der Waals surface area (Å²) in [5.74, 6) is 1.99. The Morgan fingerprint density at radius 2 is 2.09 bits per heavy atom. The fraction of sp³-hybridized carbons (Fsp3) is 0.375. The van der Waals surface area contributed by atoms with Crippen molar-refractivity contribution in [2.24, 2.45) is 7.05 Å². The number of hydrogen-bond acceptors (Lipinski definition) is 5. The van der Waals surface area contributed by atoms with Crippen LogP contribution >= 0.6 is 11.7 Å². The Labute approximate surface area is 133 Å². The molecule has 0 spiro atoms. The molecule has 0 N–H and O–H groups in total. The molecule has 0 atom stereocenters. The van der Waals surface area contributed by atoms with E-state index in [0.717, 1.165) is 37.5 Å². The quantitative estimate of drug-likeness (QED) is 0.745. The molecule has 1 aliphatic heterocycles. The van der Waals surface area contributed by atoms with E-state index < -0.39 is 0 Å². The van der Waals surface area contributed by atoms with Gasteiger partial charge in [0, 0.05) is 44.6 Å². The molecule has 2 aromatic heterocycles. The van der Waals surface area contributed by atoms with Crippen molar-refractivity contribution in [3.63, 3.8) is 0 Å². The molecule has 1 fully saturated rings. The smallest absolute Gasteiger partial charge is 0.162 e. The maximum Gasteiger partial charge on any atom is 0.162 e. The Bertz CT molecular complexity index is 760. The first-order valence-corrected chi connectivity index (χ1v) is 8.27. The van der Waals surface area contributed by atoms with Gasteiger partial charge in [-0.05, 0) is 18.2 Å². The van der Waals surface area contributed by atoms with E-state index in [4.69, 9.17) is 4.74 Å². The van der Waals surface area contributed by atoms with E-state index in [2.05, 4.69) is 55.7 Å².